The van der Waals surface area contributed by atoms with Gasteiger partial charge >= 0.3 is 0 Å². The Morgan fingerprint density at radius 1 is 1.14 bits per heavy atom. The molecule has 1 aromatic heterocycles. The quantitative estimate of drug-likeness (QED) is 0.879. The Kier molecular flexibility index (Phi) is 3.61. The fourth-order valence-corrected chi connectivity index (χ4v) is 3.28. The zero-order chi connectivity index (χ0) is 15.9. The average molecular weight is 296 g/mol. The van der Waals surface area contributed by atoms with E-state index in [1.807, 2.05) is 4.90 Å². The van der Waals surface area contributed by atoms with E-state index >= 15 is 0 Å². The molecule has 0 atom stereocenters. The Hall–Kier alpha value is -2.36. The van der Waals surface area contributed by atoms with Crippen LogP contribution in [0.1, 0.15) is 38.3 Å². The Bertz CT molecular complexity index is 805. The third kappa shape index (κ3) is 2.69. The summed E-state index contributed by atoms with van der Waals surface area (Å²) in [6.45, 7) is 7.30. The third-order valence-corrected chi connectivity index (χ3v) is 4.22. The number of nitrogens with zero attached hydrogens (tertiary/aromatic N) is 1. The van der Waals surface area contributed by atoms with E-state index in [4.69, 9.17) is 0 Å². The Morgan fingerprint density at radius 2 is 1.91 bits per heavy atom. The molecule has 1 aromatic carbocycles. The van der Waals surface area contributed by atoms with E-state index in [-0.39, 0.29) is 11.5 Å². The average Bonchev–Trinajstić information content (AvgIpc) is 2.44. The van der Waals surface area contributed by atoms with Gasteiger partial charge in [0.2, 0.25) is 5.56 Å². The molecule has 2 heterocycles. The van der Waals surface area contributed by atoms with Crippen molar-refractivity contribution in [3.05, 3.63) is 68.1 Å². The number of hydrogen-bond donors (Lipinski definition) is 1. The summed E-state index contributed by atoms with van der Waals surface area (Å²) in [7, 11) is 0. The van der Waals surface area contributed by atoms with Crippen LogP contribution >= 0.6 is 0 Å². The van der Waals surface area contributed by atoms with Crippen molar-refractivity contribution < 1.29 is 4.79 Å². The molecule has 4 heteroatoms. The first-order valence-corrected chi connectivity index (χ1v) is 7.53. The summed E-state index contributed by atoms with van der Waals surface area (Å²) in [5.74, 6) is -0.0704. The minimum Gasteiger partial charge on any atom is -0.334 e. The largest absolute Gasteiger partial charge is 0.334 e. The molecule has 22 heavy (non-hydrogen) atoms. The number of aromatic nitrogens is 1. The van der Waals surface area contributed by atoms with Gasteiger partial charge in [-0.3, -0.25) is 9.59 Å². The number of fused-ring (bicyclic) bond motifs is 1. The predicted molar refractivity (Wildman–Crippen MR) is 86.2 cm³/mol. The second-order valence-electron chi connectivity index (χ2n) is 6.11. The first kappa shape index (κ1) is 14.6. The second-order valence-corrected chi connectivity index (χ2v) is 6.11. The summed E-state index contributed by atoms with van der Waals surface area (Å²) in [5, 5.41) is 0. The number of carbonyl (C=O) groups excluding carboxylic acids is 1. The fourth-order valence-electron chi connectivity index (χ4n) is 3.28. The Labute approximate surface area is 129 Å². The Morgan fingerprint density at radius 3 is 2.64 bits per heavy atom. The third-order valence-electron chi connectivity index (χ3n) is 4.22. The van der Waals surface area contributed by atoms with E-state index in [1.165, 1.54) is 28.3 Å². The molecule has 0 unspecified atom stereocenters. The maximum absolute atomic E-state index is 12.7. The van der Waals surface area contributed by atoms with Crippen LogP contribution in [0.25, 0.3) is 0 Å². The highest BCUT2D eigenvalue weighted by Crippen LogP contribution is 2.24. The van der Waals surface area contributed by atoms with Crippen LogP contribution in [0, 0.1) is 20.8 Å². The van der Waals surface area contributed by atoms with E-state index < -0.39 is 0 Å². The minimum absolute atomic E-state index is 0.0704. The lowest BCUT2D eigenvalue weighted by Gasteiger charge is -2.30. The highest BCUT2D eigenvalue weighted by molar-refractivity contribution is 5.94. The molecule has 0 fully saturated rings. The molecule has 114 valence electrons. The van der Waals surface area contributed by atoms with Crippen molar-refractivity contribution in [2.45, 2.75) is 33.7 Å². The molecule has 0 aliphatic carbocycles. The summed E-state index contributed by atoms with van der Waals surface area (Å²) in [4.78, 5) is 28.7. The molecule has 3 rings (SSSR count). The number of nitrogens with one attached hydrogen (secondary N) is 1. The number of aromatic amines is 1. The van der Waals surface area contributed by atoms with Gasteiger partial charge in [-0.2, -0.15) is 0 Å². The molecular weight excluding hydrogens is 276 g/mol. The number of hydrogen-bond acceptors (Lipinski definition) is 2. The molecule has 2 aromatic rings. The maximum Gasteiger partial charge on any atom is 0.254 e. The van der Waals surface area contributed by atoms with Gasteiger partial charge in [0, 0.05) is 30.4 Å². The molecule has 0 saturated heterocycles. The second kappa shape index (κ2) is 5.44. The molecule has 4 nitrogen and oxygen atoms in total. The normalized spacial score (nSPS) is 13.9. The van der Waals surface area contributed by atoms with Crippen molar-refractivity contribution in [3.63, 3.8) is 0 Å². The number of benzene rings is 1. The monoisotopic (exact) mass is 296 g/mol. The lowest BCUT2D eigenvalue weighted by Crippen LogP contribution is -2.36. The summed E-state index contributed by atoms with van der Waals surface area (Å²) in [5.41, 5.74) is 6.04. The van der Waals surface area contributed by atoms with Gasteiger partial charge in [0.15, 0.2) is 0 Å². The van der Waals surface area contributed by atoms with Crippen LogP contribution in [0.2, 0.25) is 0 Å². The lowest BCUT2D eigenvalue weighted by atomic mass is 9.93. The van der Waals surface area contributed by atoms with Crippen molar-refractivity contribution in [1.29, 1.82) is 0 Å². The van der Waals surface area contributed by atoms with Crippen molar-refractivity contribution in [3.8, 4) is 0 Å². The number of rotatable bonds is 1. The van der Waals surface area contributed by atoms with Crippen LogP contribution < -0.4 is 5.56 Å². The van der Waals surface area contributed by atoms with E-state index in [2.05, 4.69) is 31.0 Å². The van der Waals surface area contributed by atoms with Crippen molar-refractivity contribution in [1.82, 2.24) is 9.88 Å². The number of aryl methyl sites for hydroxylation is 3. The van der Waals surface area contributed by atoms with Gasteiger partial charge < -0.3 is 9.88 Å². The fraction of sp³-hybridized carbons (Fsp3) is 0.333. The highest BCUT2D eigenvalue weighted by Gasteiger charge is 2.23. The van der Waals surface area contributed by atoms with Crippen LogP contribution in [-0.2, 0) is 13.0 Å². The van der Waals surface area contributed by atoms with Gasteiger partial charge in [-0.15, -0.1) is 0 Å². The lowest BCUT2D eigenvalue weighted by molar-refractivity contribution is 0.0734. The van der Waals surface area contributed by atoms with E-state index in [0.717, 1.165) is 6.42 Å². The van der Waals surface area contributed by atoms with Crippen LogP contribution in [0.3, 0.4) is 0 Å². The SMILES string of the molecule is Cc1cc(C)c2c(c1)CN(C(=O)c1cc(C)[nH]c(=O)c1)CC2. The van der Waals surface area contributed by atoms with Crippen LogP contribution in [0.4, 0.5) is 0 Å². The molecular formula is C18H20N2O2. The van der Waals surface area contributed by atoms with Gasteiger partial charge in [-0.25, -0.2) is 0 Å². The highest BCUT2D eigenvalue weighted by atomic mass is 16.2. The molecule has 0 bridgehead atoms. The van der Waals surface area contributed by atoms with Crippen molar-refractivity contribution in [2.75, 3.05) is 6.54 Å². The van der Waals surface area contributed by atoms with Crippen LogP contribution in [0.15, 0.2) is 29.1 Å². The summed E-state index contributed by atoms with van der Waals surface area (Å²) in [6, 6.07) is 7.47. The first-order valence-electron chi connectivity index (χ1n) is 7.53. The standard InChI is InChI=1S/C18H20N2O2/c1-11-6-12(2)16-4-5-20(10-15(16)7-11)18(22)14-8-13(3)19-17(21)9-14/h6-9H,4-5,10H2,1-3H3,(H,19,21). The van der Waals surface area contributed by atoms with E-state index in [1.54, 1.807) is 13.0 Å². The van der Waals surface area contributed by atoms with E-state index in [0.29, 0.717) is 24.3 Å². The van der Waals surface area contributed by atoms with Crippen molar-refractivity contribution >= 4 is 5.91 Å². The molecule has 1 amide bonds. The molecule has 1 N–H and O–H groups in total. The number of H-pyrrole nitrogens is 1. The van der Waals surface area contributed by atoms with E-state index in [9.17, 15) is 9.59 Å². The first-order chi connectivity index (χ1) is 10.4. The summed E-state index contributed by atoms with van der Waals surface area (Å²) in [6.07, 6.45) is 0.870. The van der Waals surface area contributed by atoms with Gasteiger partial charge in [0.05, 0.1) is 0 Å². The Balaban J connectivity index is 1.91. The van der Waals surface area contributed by atoms with Gasteiger partial charge in [-0.1, -0.05) is 17.7 Å². The molecule has 1 aliphatic heterocycles. The summed E-state index contributed by atoms with van der Waals surface area (Å²) >= 11 is 0. The molecule has 0 saturated carbocycles. The summed E-state index contributed by atoms with van der Waals surface area (Å²) < 4.78 is 0. The van der Waals surface area contributed by atoms with Crippen LogP contribution in [0.5, 0.6) is 0 Å². The smallest absolute Gasteiger partial charge is 0.254 e. The van der Waals surface area contributed by atoms with Gasteiger partial charge in [0.1, 0.15) is 0 Å². The molecule has 1 aliphatic rings. The zero-order valence-corrected chi connectivity index (χ0v) is 13.2. The predicted octanol–water partition coefficient (Wildman–Crippen LogP) is 2.50. The van der Waals surface area contributed by atoms with Crippen molar-refractivity contribution in [2.24, 2.45) is 0 Å². The molecule has 0 spiro atoms. The van der Waals surface area contributed by atoms with Gasteiger partial charge in [-0.05, 0) is 49.9 Å². The topological polar surface area (TPSA) is 53.2 Å². The number of amides is 1. The maximum atomic E-state index is 12.7. The minimum atomic E-state index is -0.229. The van der Waals surface area contributed by atoms with Crippen LogP contribution in [-0.4, -0.2) is 22.3 Å². The number of carbonyl (C=O) groups is 1. The zero-order valence-electron chi connectivity index (χ0n) is 13.2. The molecule has 0 radical (unpaired) electrons. The van der Waals surface area contributed by atoms with Gasteiger partial charge in [0.25, 0.3) is 5.91 Å². The number of pyridine rings is 1.